The van der Waals surface area contributed by atoms with Crippen LogP contribution < -0.4 is 14.8 Å². The molecule has 4 heterocycles. The van der Waals surface area contributed by atoms with E-state index in [0.29, 0.717) is 75.9 Å². The molecule has 2 amide bonds. The van der Waals surface area contributed by atoms with Crippen molar-refractivity contribution < 1.29 is 27.5 Å². The molecule has 3 fully saturated rings. The fourth-order valence-electron chi connectivity index (χ4n) is 6.79. The standard InChI is InChI=1S/C29H43N3O6S/c1-19(2)24-9-7-20(3)13-29(34)32-17-21-14-22(25(32)5-4-6-28(33)30-24)18-31(16-21)39(35,36)23-8-10-26-27(15-23)38-12-11-37-26/h8,10,15,19-22,24-25H,4-7,9,11-14,16-18H2,1-3H3,(H,30,33)/t20-,21+,22+,24+,25+/m1/s1. The zero-order chi connectivity index (χ0) is 27.7. The molecule has 0 aliphatic carbocycles. The maximum Gasteiger partial charge on any atom is 0.243 e. The van der Waals surface area contributed by atoms with E-state index in [-0.39, 0.29) is 46.5 Å². The summed E-state index contributed by atoms with van der Waals surface area (Å²) >= 11 is 0. The summed E-state index contributed by atoms with van der Waals surface area (Å²) in [6, 6.07) is 4.88. The Labute approximate surface area is 232 Å². The molecule has 5 atom stereocenters. The first-order valence-electron chi connectivity index (χ1n) is 14.6. The van der Waals surface area contributed by atoms with Crippen molar-refractivity contribution in [3.63, 3.8) is 0 Å². The van der Waals surface area contributed by atoms with E-state index >= 15 is 0 Å². The second kappa shape index (κ2) is 11.6. The fourth-order valence-corrected chi connectivity index (χ4v) is 8.38. The van der Waals surface area contributed by atoms with E-state index in [1.165, 1.54) is 0 Å². The summed E-state index contributed by atoms with van der Waals surface area (Å²) in [6.07, 6.45) is 4.96. The third-order valence-corrected chi connectivity index (χ3v) is 10.8. The molecular weight excluding hydrogens is 518 g/mol. The van der Waals surface area contributed by atoms with Gasteiger partial charge in [0, 0.05) is 50.6 Å². The number of ether oxygens (including phenoxy) is 2. The van der Waals surface area contributed by atoms with E-state index in [2.05, 4.69) is 26.1 Å². The number of carbonyl (C=O) groups is 2. The SMILES string of the molecule is CC(C)[C@@H]1CC[C@@H](C)CC(=O)N2C[C@H]3C[C@@H](CN(S(=O)(=O)c4ccc5c(c4)OCCO5)C3)[C@@H]2CCCC(=O)N1. The van der Waals surface area contributed by atoms with Gasteiger partial charge in [-0.2, -0.15) is 4.31 Å². The molecule has 1 aromatic rings. The van der Waals surface area contributed by atoms with E-state index in [1.807, 2.05) is 4.90 Å². The lowest BCUT2D eigenvalue weighted by Gasteiger charge is -2.50. The lowest BCUT2D eigenvalue weighted by Crippen LogP contribution is -2.60. The first-order valence-corrected chi connectivity index (χ1v) is 16.0. The Morgan fingerprint density at radius 2 is 1.77 bits per heavy atom. The molecule has 4 aliphatic heterocycles. The van der Waals surface area contributed by atoms with E-state index in [0.717, 1.165) is 19.3 Å². The molecule has 2 bridgehead atoms. The van der Waals surface area contributed by atoms with Crippen LogP contribution in [-0.4, -0.2) is 74.4 Å². The molecule has 9 nitrogen and oxygen atoms in total. The largest absolute Gasteiger partial charge is 0.486 e. The minimum Gasteiger partial charge on any atom is -0.486 e. The Bertz CT molecular complexity index is 1170. The highest BCUT2D eigenvalue weighted by Gasteiger charge is 2.45. The van der Waals surface area contributed by atoms with Gasteiger partial charge in [-0.05, 0) is 67.9 Å². The maximum atomic E-state index is 13.7. The number of hydrogen-bond acceptors (Lipinski definition) is 6. The van der Waals surface area contributed by atoms with Crippen molar-refractivity contribution >= 4 is 21.8 Å². The van der Waals surface area contributed by atoms with Crippen LogP contribution in [0.15, 0.2) is 23.1 Å². The number of hydrogen-bond donors (Lipinski definition) is 1. The number of carbonyl (C=O) groups excluding carboxylic acids is 2. The summed E-state index contributed by atoms with van der Waals surface area (Å²) in [5.74, 6) is 1.96. The van der Waals surface area contributed by atoms with Crippen molar-refractivity contribution in [2.45, 2.75) is 82.7 Å². The van der Waals surface area contributed by atoms with Crippen molar-refractivity contribution in [1.29, 1.82) is 0 Å². The number of amides is 2. The molecule has 0 spiro atoms. The molecule has 4 aliphatic rings. The Morgan fingerprint density at radius 3 is 2.54 bits per heavy atom. The van der Waals surface area contributed by atoms with Crippen LogP contribution in [0.2, 0.25) is 0 Å². The predicted octanol–water partition coefficient (Wildman–Crippen LogP) is 3.43. The number of rotatable bonds is 3. The van der Waals surface area contributed by atoms with Crippen LogP contribution in [-0.2, 0) is 19.6 Å². The van der Waals surface area contributed by atoms with E-state index < -0.39 is 10.0 Å². The van der Waals surface area contributed by atoms with Gasteiger partial charge in [0.25, 0.3) is 0 Å². The van der Waals surface area contributed by atoms with Crippen LogP contribution >= 0.6 is 0 Å². The average Bonchev–Trinajstić information content (AvgIpc) is 2.91. The van der Waals surface area contributed by atoms with E-state index in [1.54, 1.807) is 22.5 Å². The van der Waals surface area contributed by atoms with Gasteiger partial charge in [0.1, 0.15) is 13.2 Å². The van der Waals surface area contributed by atoms with Crippen molar-refractivity contribution in [3.8, 4) is 11.5 Å². The molecule has 0 aromatic heterocycles. The summed E-state index contributed by atoms with van der Waals surface area (Å²) in [4.78, 5) is 28.6. The first-order chi connectivity index (χ1) is 18.6. The number of fused-ring (bicyclic) bond motifs is 5. The number of piperidine rings is 2. The van der Waals surface area contributed by atoms with Crippen LogP contribution in [0.25, 0.3) is 0 Å². The third-order valence-electron chi connectivity index (χ3n) is 8.96. The van der Waals surface area contributed by atoms with Gasteiger partial charge in [0.15, 0.2) is 11.5 Å². The molecule has 216 valence electrons. The molecule has 39 heavy (non-hydrogen) atoms. The molecule has 10 heteroatoms. The quantitative estimate of drug-likeness (QED) is 0.606. The topological polar surface area (TPSA) is 105 Å². The molecule has 1 aromatic carbocycles. The summed E-state index contributed by atoms with van der Waals surface area (Å²) in [7, 11) is -3.74. The number of benzene rings is 1. The van der Waals surface area contributed by atoms with Crippen LogP contribution in [0, 0.1) is 23.7 Å². The zero-order valence-corrected chi connectivity index (χ0v) is 24.3. The molecule has 0 unspecified atom stereocenters. The van der Waals surface area contributed by atoms with Crippen molar-refractivity contribution in [2.75, 3.05) is 32.8 Å². The lowest BCUT2D eigenvalue weighted by molar-refractivity contribution is -0.141. The van der Waals surface area contributed by atoms with Crippen molar-refractivity contribution in [1.82, 2.24) is 14.5 Å². The fraction of sp³-hybridized carbons (Fsp3) is 0.724. The van der Waals surface area contributed by atoms with Crippen molar-refractivity contribution in [2.24, 2.45) is 23.7 Å². The highest BCUT2D eigenvalue weighted by atomic mass is 32.2. The van der Waals surface area contributed by atoms with Crippen LogP contribution in [0.4, 0.5) is 0 Å². The van der Waals surface area contributed by atoms with Gasteiger partial charge in [-0.15, -0.1) is 0 Å². The van der Waals surface area contributed by atoms with Gasteiger partial charge in [0.05, 0.1) is 4.90 Å². The summed E-state index contributed by atoms with van der Waals surface area (Å²) in [5.41, 5.74) is 0. The molecular formula is C29H43N3O6S. The van der Waals surface area contributed by atoms with Crippen LogP contribution in [0.5, 0.6) is 11.5 Å². The molecule has 0 radical (unpaired) electrons. The molecule has 5 rings (SSSR count). The lowest BCUT2D eigenvalue weighted by atomic mass is 9.78. The second-order valence-electron chi connectivity index (χ2n) is 12.3. The Morgan fingerprint density at radius 1 is 1.00 bits per heavy atom. The van der Waals surface area contributed by atoms with Gasteiger partial charge in [0.2, 0.25) is 21.8 Å². The number of nitrogens with one attached hydrogen (secondary N) is 1. The maximum absolute atomic E-state index is 13.7. The zero-order valence-electron chi connectivity index (χ0n) is 23.4. The van der Waals surface area contributed by atoms with Gasteiger partial charge >= 0.3 is 0 Å². The number of nitrogens with zero attached hydrogens (tertiary/aromatic N) is 2. The highest BCUT2D eigenvalue weighted by molar-refractivity contribution is 7.89. The van der Waals surface area contributed by atoms with Gasteiger partial charge in [-0.3, -0.25) is 9.59 Å². The molecule has 1 N–H and O–H groups in total. The van der Waals surface area contributed by atoms with Crippen molar-refractivity contribution in [3.05, 3.63) is 18.2 Å². The third kappa shape index (κ3) is 6.21. The molecule has 3 saturated heterocycles. The van der Waals surface area contributed by atoms with Gasteiger partial charge in [-0.25, -0.2) is 8.42 Å². The second-order valence-corrected chi connectivity index (χ2v) is 14.2. The minimum absolute atomic E-state index is 0.0420. The normalized spacial score (nSPS) is 31.0. The Balaban J connectivity index is 1.35. The van der Waals surface area contributed by atoms with Gasteiger partial charge in [-0.1, -0.05) is 20.8 Å². The predicted molar refractivity (Wildman–Crippen MR) is 147 cm³/mol. The average molecular weight is 562 g/mol. The summed E-state index contributed by atoms with van der Waals surface area (Å²) in [6.45, 7) is 8.57. The Kier molecular flexibility index (Phi) is 8.42. The number of sulfonamides is 1. The molecule has 0 saturated carbocycles. The summed E-state index contributed by atoms with van der Waals surface area (Å²) < 4.78 is 40.3. The minimum atomic E-state index is -3.74. The van der Waals surface area contributed by atoms with Crippen LogP contribution in [0.3, 0.4) is 0 Å². The van der Waals surface area contributed by atoms with E-state index in [9.17, 15) is 18.0 Å². The highest BCUT2D eigenvalue weighted by Crippen LogP contribution is 2.39. The smallest absolute Gasteiger partial charge is 0.243 e. The van der Waals surface area contributed by atoms with E-state index in [4.69, 9.17) is 9.47 Å². The first kappa shape index (κ1) is 28.2. The monoisotopic (exact) mass is 561 g/mol. The summed E-state index contributed by atoms with van der Waals surface area (Å²) in [5, 5.41) is 3.22. The Hall–Kier alpha value is -2.33. The van der Waals surface area contributed by atoms with Crippen LogP contribution in [0.1, 0.15) is 65.7 Å². The van der Waals surface area contributed by atoms with Gasteiger partial charge < -0.3 is 19.7 Å².